The third kappa shape index (κ3) is 1.48. The molecule has 1 fully saturated rings. The van der Waals surface area contributed by atoms with Crippen LogP contribution in [0.2, 0.25) is 5.02 Å². The van der Waals surface area contributed by atoms with Gasteiger partial charge in [0.15, 0.2) is 0 Å². The summed E-state index contributed by atoms with van der Waals surface area (Å²) in [4.78, 5) is 0. The molecule has 80 valence electrons. The summed E-state index contributed by atoms with van der Waals surface area (Å²) in [6.07, 6.45) is 5.22. The van der Waals surface area contributed by atoms with Crippen LogP contribution < -0.4 is 10.6 Å². The van der Waals surface area contributed by atoms with Crippen LogP contribution in [-0.2, 0) is 0 Å². The summed E-state index contributed by atoms with van der Waals surface area (Å²) in [5.41, 5.74) is 2.52. The number of hydrogen-bond donors (Lipinski definition) is 2. The number of benzene rings is 1. The molecular weight excluding hydrogens is 208 g/mol. The van der Waals surface area contributed by atoms with Crippen molar-refractivity contribution in [2.75, 3.05) is 17.2 Å². The zero-order valence-corrected chi connectivity index (χ0v) is 9.40. The Hall–Kier alpha value is -0.890. The van der Waals surface area contributed by atoms with Crippen molar-refractivity contribution in [3.63, 3.8) is 0 Å². The summed E-state index contributed by atoms with van der Waals surface area (Å²) >= 11 is 6.13. The molecule has 15 heavy (non-hydrogen) atoms. The summed E-state index contributed by atoms with van der Waals surface area (Å²) in [5, 5.41) is 7.95. The highest BCUT2D eigenvalue weighted by Gasteiger charge is 2.36. The van der Waals surface area contributed by atoms with E-state index in [1.165, 1.54) is 25.7 Å². The molecule has 3 heteroatoms. The highest BCUT2D eigenvalue weighted by atomic mass is 35.5. The third-order valence-corrected chi connectivity index (χ3v) is 3.89. The number of para-hydroxylation sites is 1. The van der Waals surface area contributed by atoms with Crippen molar-refractivity contribution in [1.29, 1.82) is 0 Å². The lowest BCUT2D eigenvalue weighted by atomic mass is 9.94. The van der Waals surface area contributed by atoms with E-state index in [1.807, 2.05) is 12.1 Å². The number of fused-ring (bicyclic) bond motifs is 1. The molecule has 1 spiro atoms. The van der Waals surface area contributed by atoms with E-state index >= 15 is 0 Å². The molecule has 3 rings (SSSR count). The molecule has 1 aromatic rings. The Morgan fingerprint density at radius 1 is 1.20 bits per heavy atom. The molecule has 1 aromatic carbocycles. The molecule has 2 nitrogen and oxygen atoms in total. The highest BCUT2D eigenvalue weighted by Crippen LogP contribution is 2.41. The van der Waals surface area contributed by atoms with Gasteiger partial charge < -0.3 is 10.6 Å². The number of anilines is 2. The zero-order chi connectivity index (χ0) is 10.3. The van der Waals surface area contributed by atoms with E-state index in [9.17, 15) is 0 Å². The van der Waals surface area contributed by atoms with Gasteiger partial charge in [-0.2, -0.15) is 0 Å². The van der Waals surface area contributed by atoms with Crippen LogP contribution >= 0.6 is 11.6 Å². The van der Waals surface area contributed by atoms with Crippen molar-refractivity contribution in [1.82, 2.24) is 0 Å². The van der Waals surface area contributed by atoms with Crippen LogP contribution in [0.5, 0.6) is 0 Å². The van der Waals surface area contributed by atoms with E-state index in [1.54, 1.807) is 0 Å². The van der Waals surface area contributed by atoms with Gasteiger partial charge in [-0.05, 0) is 25.0 Å². The molecule has 0 aromatic heterocycles. The molecule has 1 aliphatic heterocycles. The monoisotopic (exact) mass is 222 g/mol. The minimum absolute atomic E-state index is 0.289. The Balaban J connectivity index is 1.96. The summed E-state index contributed by atoms with van der Waals surface area (Å²) in [5.74, 6) is 0. The first kappa shape index (κ1) is 9.34. The van der Waals surface area contributed by atoms with E-state index < -0.39 is 0 Å². The average molecular weight is 223 g/mol. The number of rotatable bonds is 0. The number of hydrogen-bond acceptors (Lipinski definition) is 2. The molecule has 1 aliphatic carbocycles. The topological polar surface area (TPSA) is 24.1 Å². The van der Waals surface area contributed by atoms with Gasteiger partial charge in [0, 0.05) is 6.54 Å². The Kier molecular flexibility index (Phi) is 2.06. The zero-order valence-electron chi connectivity index (χ0n) is 8.65. The van der Waals surface area contributed by atoms with Crippen molar-refractivity contribution in [3.05, 3.63) is 23.2 Å². The van der Waals surface area contributed by atoms with Gasteiger partial charge in [-0.15, -0.1) is 0 Å². The van der Waals surface area contributed by atoms with Crippen LogP contribution in [0.25, 0.3) is 0 Å². The van der Waals surface area contributed by atoms with Crippen LogP contribution in [0, 0.1) is 0 Å². The fourth-order valence-corrected chi connectivity index (χ4v) is 2.99. The smallest absolute Gasteiger partial charge is 0.0766 e. The van der Waals surface area contributed by atoms with Crippen molar-refractivity contribution >= 4 is 23.0 Å². The lowest BCUT2D eigenvalue weighted by Gasteiger charge is -2.38. The molecule has 0 bridgehead atoms. The molecule has 0 atom stereocenters. The van der Waals surface area contributed by atoms with Gasteiger partial charge in [-0.1, -0.05) is 30.5 Å². The van der Waals surface area contributed by atoms with E-state index in [2.05, 4.69) is 16.7 Å². The van der Waals surface area contributed by atoms with E-state index in [-0.39, 0.29) is 5.54 Å². The van der Waals surface area contributed by atoms with Crippen molar-refractivity contribution < 1.29 is 0 Å². The van der Waals surface area contributed by atoms with Crippen LogP contribution in [0.3, 0.4) is 0 Å². The third-order valence-electron chi connectivity index (χ3n) is 3.58. The lowest BCUT2D eigenvalue weighted by Crippen LogP contribution is -2.45. The Morgan fingerprint density at radius 3 is 2.80 bits per heavy atom. The second-order valence-corrected chi connectivity index (χ2v) is 5.04. The quantitative estimate of drug-likeness (QED) is 0.702. The first-order chi connectivity index (χ1) is 7.29. The van der Waals surface area contributed by atoms with Gasteiger partial charge in [-0.25, -0.2) is 0 Å². The van der Waals surface area contributed by atoms with Crippen LogP contribution in [0.1, 0.15) is 25.7 Å². The summed E-state index contributed by atoms with van der Waals surface area (Å²) < 4.78 is 0. The maximum absolute atomic E-state index is 6.13. The second-order valence-electron chi connectivity index (χ2n) is 4.63. The van der Waals surface area contributed by atoms with Gasteiger partial charge >= 0.3 is 0 Å². The molecule has 0 amide bonds. The van der Waals surface area contributed by atoms with Crippen molar-refractivity contribution in [2.45, 2.75) is 31.2 Å². The first-order valence-corrected chi connectivity index (χ1v) is 5.98. The molecule has 1 saturated carbocycles. The molecule has 2 aliphatic rings. The number of nitrogens with one attached hydrogen (secondary N) is 2. The minimum atomic E-state index is 0.289. The molecule has 2 N–H and O–H groups in total. The predicted octanol–water partition coefficient (Wildman–Crippen LogP) is 3.49. The summed E-state index contributed by atoms with van der Waals surface area (Å²) in [6.45, 7) is 1.00. The van der Waals surface area contributed by atoms with Crippen molar-refractivity contribution in [2.24, 2.45) is 0 Å². The molecule has 0 unspecified atom stereocenters. The highest BCUT2D eigenvalue weighted by molar-refractivity contribution is 6.34. The largest absolute Gasteiger partial charge is 0.380 e. The first-order valence-electron chi connectivity index (χ1n) is 5.60. The Morgan fingerprint density at radius 2 is 2.00 bits per heavy atom. The van der Waals surface area contributed by atoms with Gasteiger partial charge in [-0.3, -0.25) is 0 Å². The molecular formula is C12H15ClN2. The van der Waals surface area contributed by atoms with Gasteiger partial charge in [0.2, 0.25) is 0 Å². The number of halogens is 1. The van der Waals surface area contributed by atoms with E-state index in [4.69, 9.17) is 11.6 Å². The second kappa shape index (κ2) is 3.31. The summed E-state index contributed by atoms with van der Waals surface area (Å²) in [7, 11) is 0. The fraction of sp³-hybridized carbons (Fsp3) is 0.500. The standard InChI is InChI=1S/C12H15ClN2/c13-9-4-3-5-10-11(9)14-8-12(15-10)6-1-2-7-12/h3-5,14-15H,1-2,6-8H2. The van der Waals surface area contributed by atoms with Gasteiger partial charge in [0.05, 0.1) is 21.9 Å². The molecule has 0 radical (unpaired) electrons. The maximum atomic E-state index is 6.13. The molecule has 0 saturated heterocycles. The SMILES string of the molecule is Clc1cccc2c1NCC1(CCCC1)N2. The Labute approximate surface area is 95.0 Å². The minimum Gasteiger partial charge on any atom is -0.380 e. The normalized spacial score (nSPS) is 21.9. The van der Waals surface area contributed by atoms with Gasteiger partial charge in [0.25, 0.3) is 0 Å². The van der Waals surface area contributed by atoms with Crippen LogP contribution in [0.4, 0.5) is 11.4 Å². The van der Waals surface area contributed by atoms with Crippen LogP contribution in [-0.4, -0.2) is 12.1 Å². The van der Waals surface area contributed by atoms with Gasteiger partial charge in [0.1, 0.15) is 0 Å². The van der Waals surface area contributed by atoms with E-state index in [0.29, 0.717) is 0 Å². The predicted molar refractivity (Wildman–Crippen MR) is 64.8 cm³/mol. The van der Waals surface area contributed by atoms with Crippen LogP contribution in [0.15, 0.2) is 18.2 Å². The lowest BCUT2D eigenvalue weighted by molar-refractivity contribution is 0.500. The van der Waals surface area contributed by atoms with E-state index in [0.717, 1.165) is 22.9 Å². The summed E-state index contributed by atoms with van der Waals surface area (Å²) in [6, 6.07) is 6.04. The maximum Gasteiger partial charge on any atom is 0.0766 e. The van der Waals surface area contributed by atoms with Crippen molar-refractivity contribution in [3.8, 4) is 0 Å². The average Bonchev–Trinajstić information content (AvgIpc) is 2.66. The molecule has 1 heterocycles. The fourth-order valence-electron chi connectivity index (χ4n) is 2.75. The Bertz CT molecular complexity index is 383.